The lowest BCUT2D eigenvalue weighted by Crippen LogP contribution is -2.25. The Kier molecular flexibility index (Phi) is 7.82. The average molecular weight is 926 g/mol. The summed E-state index contributed by atoms with van der Waals surface area (Å²) in [7, 11) is 0. The third kappa shape index (κ3) is 5.21. The Bertz CT molecular complexity index is 4530. The van der Waals surface area contributed by atoms with Crippen LogP contribution >= 0.6 is 22.7 Å². The zero-order valence-corrected chi connectivity index (χ0v) is 38.9. The molecule has 0 fully saturated rings. The molecule has 4 heterocycles. The summed E-state index contributed by atoms with van der Waals surface area (Å²) < 4.78 is 11.6. The zero-order valence-electron chi connectivity index (χ0n) is 37.3. The molecule has 16 rings (SSSR count). The summed E-state index contributed by atoms with van der Waals surface area (Å²) in [5.74, 6) is 1.87. The van der Waals surface area contributed by atoms with Crippen LogP contribution < -0.4 is 0 Å². The molecule has 1 spiro atoms. The van der Waals surface area contributed by atoms with Crippen LogP contribution in [0.2, 0.25) is 0 Å². The van der Waals surface area contributed by atoms with Gasteiger partial charge in [-0.15, -0.1) is 22.7 Å². The Labute approximate surface area is 409 Å². The molecular weight excluding hydrogens is 891 g/mol. The summed E-state index contributed by atoms with van der Waals surface area (Å²) in [5.41, 5.74) is 16.8. The maximum absolute atomic E-state index is 6.69. The van der Waals surface area contributed by atoms with Gasteiger partial charge in [-0.3, -0.25) is 0 Å². The molecule has 0 saturated carbocycles. The van der Waals surface area contributed by atoms with Crippen molar-refractivity contribution < 1.29 is 4.42 Å². The van der Waals surface area contributed by atoms with Crippen molar-refractivity contribution in [3.8, 4) is 67.5 Å². The van der Waals surface area contributed by atoms with Crippen molar-refractivity contribution in [3.63, 3.8) is 0 Å². The molecule has 0 unspecified atom stereocenters. The van der Waals surface area contributed by atoms with Gasteiger partial charge in [0.05, 0.1) is 5.41 Å². The second-order valence-electron chi connectivity index (χ2n) is 18.5. The van der Waals surface area contributed by atoms with E-state index in [1.54, 1.807) is 22.7 Å². The van der Waals surface area contributed by atoms with Crippen LogP contribution in [-0.2, 0) is 5.41 Å². The summed E-state index contributed by atoms with van der Waals surface area (Å²) in [6.45, 7) is 0. The molecule has 0 saturated heterocycles. The smallest absolute Gasteiger partial charge is 0.164 e. The van der Waals surface area contributed by atoms with E-state index in [2.05, 4.69) is 206 Å². The van der Waals surface area contributed by atoms with E-state index in [1.807, 2.05) is 6.07 Å². The Morgan fingerprint density at radius 3 is 1.57 bits per heavy atom. The van der Waals surface area contributed by atoms with Crippen LogP contribution in [0.4, 0.5) is 0 Å². The van der Waals surface area contributed by atoms with E-state index < -0.39 is 0 Å². The number of aromatic nitrogens is 3. The van der Waals surface area contributed by atoms with Gasteiger partial charge in [0.2, 0.25) is 0 Å². The highest BCUT2D eigenvalue weighted by Crippen LogP contribution is 2.63. The van der Waals surface area contributed by atoms with Crippen molar-refractivity contribution in [1.82, 2.24) is 15.0 Å². The highest BCUT2D eigenvalue weighted by atomic mass is 32.1. The number of hydrogen-bond acceptors (Lipinski definition) is 6. The van der Waals surface area contributed by atoms with Gasteiger partial charge in [0.15, 0.2) is 17.5 Å². The maximum Gasteiger partial charge on any atom is 0.164 e. The summed E-state index contributed by atoms with van der Waals surface area (Å²) in [5, 5.41) is 6.85. The first kappa shape index (κ1) is 38.4. The molecule has 70 heavy (non-hydrogen) atoms. The summed E-state index contributed by atoms with van der Waals surface area (Å²) in [6, 6.07) is 77.2. The quantitative estimate of drug-likeness (QED) is 0.176. The minimum Gasteiger partial charge on any atom is -0.456 e. The SMILES string of the molecule is c1ccc2c(c1)-c1ccccc1C21c2ccccc2-c2cc(-c3ccc4oc5cccc(-c6nc(-c7ccc8c(c7)sc7ccccc78)nc(-c7cccc8sc9ccccc9c78)n6)c5c4c3)ccc21. The van der Waals surface area contributed by atoms with Crippen molar-refractivity contribution in [2.24, 2.45) is 0 Å². The lowest BCUT2D eigenvalue weighted by atomic mass is 9.70. The average Bonchev–Trinajstić information content (AvgIpc) is 4.23. The largest absolute Gasteiger partial charge is 0.456 e. The molecule has 6 heteroatoms. The minimum absolute atomic E-state index is 0.384. The van der Waals surface area contributed by atoms with Crippen LogP contribution in [0.1, 0.15) is 22.3 Å². The fourth-order valence-corrected chi connectivity index (χ4v) is 14.3. The lowest BCUT2D eigenvalue weighted by Gasteiger charge is -2.30. The van der Waals surface area contributed by atoms with Crippen molar-refractivity contribution in [2.75, 3.05) is 0 Å². The van der Waals surface area contributed by atoms with Gasteiger partial charge in [-0.25, -0.2) is 15.0 Å². The zero-order chi connectivity index (χ0) is 45.7. The van der Waals surface area contributed by atoms with E-state index in [0.717, 1.165) is 55.1 Å². The Hall–Kier alpha value is -8.55. The van der Waals surface area contributed by atoms with E-state index in [4.69, 9.17) is 19.4 Å². The van der Waals surface area contributed by atoms with Gasteiger partial charge in [-0.1, -0.05) is 164 Å². The van der Waals surface area contributed by atoms with Gasteiger partial charge in [0.25, 0.3) is 0 Å². The lowest BCUT2D eigenvalue weighted by molar-refractivity contribution is 0.669. The monoisotopic (exact) mass is 925 g/mol. The first-order valence-electron chi connectivity index (χ1n) is 23.7. The molecule has 0 bridgehead atoms. The highest BCUT2D eigenvalue weighted by Gasteiger charge is 2.51. The summed E-state index contributed by atoms with van der Waals surface area (Å²) in [4.78, 5) is 16.1. The van der Waals surface area contributed by atoms with Gasteiger partial charge < -0.3 is 4.42 Å². The highest BCUT2D eigenvalue weighted by molar-refractivity contribution is 7.26. The van der Waals surface area contributed by atoms with Crippen LogP contribution in [0.3, 0.4) is 0 Å². The predicted octanol–water partition coefficient (Wildman–Crippen LogP) is 17.5. The van der Waals surface area contributed by atoms with Crippen molar-refractivity contribution in [1.29, 1.82) is 0 Å². The van der Waals surface area contributed by atoms with Crippen LogP contribution in [-0.4, -0.2) is 15.0 Å². The first-order chi connectivity index (χ1) is 34.7. The number of hydrogen-bond donors (Lipinski definition) is 0. The number of nitrogens with zero attached hydrogens (tertiary/aromatic N) is 3. The standard InChI is InChI=1S/C64H35N3OS2/c1-6-20-49-39(13-1)40-14-2-7-21-50(40)64(49)51-22-8-3-15-41(51)47-33-36(28-31-52(47)64)37-29-32-53-48(34-37)59-45(18-11-23-54(59)68-53)62-65-61(38-27-30-43-42-16-4-9-24-55(42)70-58(43)35-38)66-63(67-62)46-19-12-26-57-60(46)44-17-5-10-25-56(44)69-57/h1-35H. The van der Waals surface area contributed by atoms with Gasteiger partial charge in [0, 0.05) is 67.8 Å². The molecule has 2 aliphatic rings. The first-order valence-corrected chi connectivity index (χ1v) is 25.3. The number of benzene rings is 10. The van der Waals surface area contributed by atoms with E-state index in [0.29, 0.717) is 17.5 Å². The third-order valence-electron chi connectivity index (χ3n) is 15.0. The van der Waals surface area contributed by atoms with Crippen LogP contribution in [0, 0.1) is 0 Å². The molecule has 0 radical (unpaired) electrons. The molecule has 2 aliphatic carbocycles. The molecule has 324 valence electrons. The fourth-order valence-electron chi connectivity index (χ4n) is 12.0. The molecule has 4 aromatic heterocycles. The molecule has 0 amide bonds. The molecule has 14 aromatic rings. The Morgan fingerprint density at radius 2 is 0.814 bits per heavy atom. The molecule has 4 nitrogen and oxygen atoms in total. The van der Waals surface area contributed by atoms with E-state index in [9.17, 15) is 0 Å². The number of rotatable bonds is 4. The summed E-state index contributed by atoms with van der Waals surface area (Å²) >= 11 is 3.60. The number of thiophene rings is 2. The normalized spacial score (nSPS) is 13.3. The molecule has 10 aromatic carbocycles. The number of fused-ring (bicyclic) bond motifs is 19. The molecule has 0 atom stereocenters. The Balaban J connectivity index is 0.892. The molecular formula is C64H35N3OS2. The maximum atomic E-state index is 6.69. The predicted molar refractivity (Wildman–Crippen MR) is 291 cm³/mol. The summed E-state index contributed by atoms with van der Waals surface area (Å²) in [6.07, 6.45) is 0. The van der Waals surface area contributed by atoms with E-state index in [1.165, 1.54) is 79.5 Å². The number of furan rings is 1. The van der Waals surface area contributed by atoms with Gasteiger partial charge in [-0.2, -0.15) is 0 Å². The van der Waals surface area contributed by atoms with Crippen molar-refractivity contribution in [2.45, 2.75) is 5.41 Å². The van der Waals surface area contributed by atoms with Crippen LogP contribution in [0.5, 0.6) is 0 Å². The van der Waals surface area contributed by atoms with Gasteiger partial charge in [0.1, 0.15) is 11.2 Å². The second-order valence-corrected chi connectivity index (χ2v) is 20.7. The third-order valence-corrected chi connectivity index (χ3v) is 17.3. The van der Waals surface area contributed by atoms with Crippen molar-refractivity contribution in [3.05, 3.63) is 235 Å². The second kappa shape index (κ2) is 14.2. The minimum atomic E-state index is -0.384. The van der Waals surface area contributed by atoms with Crippen molar-refractivity contribution >= 4 is 85.0 Å². The topological polar surface area (TPSA) is 51.8 Å². The molecule has 0 aliphatic heterocycles. The van der Waals surface area contributed by atoms with Gasteiger partial charge >= 0.3 is 0 Å². The molecule has 0 N–H and O–H groups in total. The van der Waals surface area contributed by atoms with Crippen LogP contribution in [0.15, 0.2) is 217 Å². The van der Waals surface area contributed by atoms with Crippen LogP contribution in [0.25, 0.3) is 130 Å². The van der Waals surface area contributed by atoms with E-state index >= 15 is 0 Å². The fraction of sp³-hybridized carbons (Fsp3) is 0.0156. The Morgan fingerprint density at radius 1 is 0.300 bits per heavy atom. The van der Waals surface area contributed by atoms with E-state index in [-0.39, 0.29) is 5.41 Å². The van der Waals surface area contributed by atoms with Gasteiger partial charge in [-0.05, 0) is 104 Å².